The summed E-state index contributed by atoms with van der Waals surface area (Å²) in [5, 5.41) is 6.23. The summed E-state index contributed by atoms with van der Waals surface area (Å²) in [5.41, 5.74) is 0.668. The molecule has 25 heavy (non-hydrogen) atoms. The molecule has 0 aliphatic heterocycles. The molecule has 0 spiro atoms. The van der Waals surface area contributed by atoms with Crippen molar-refractivity contribution in [2.45, 2.75) is 13.8 Å². The molecular formula is C17H21ClN4O3. The predicted molar refractivity (Wildman–Crippen MR) is 97.9 cm³/mol. The van der Waals surface area contributed by atoms with Crippen LogP contribution in [0.5, 0.6) is 11.5 Å². The molecule has 0 aliphatic rings. The second-order valence-corrected chi connectivity index (χ2v) is 6.09. The van der Waals surface area contributed by atoms with Gasteiger partial charge in [0.1, 0.15) is 17.2 Å². The molecule has 1 aromatic heterocycles. The smallest absolute Gasteiger partial charge is 0.274 e. The van der Waals surface area contributed by atoms with Crippen molar-refractivity contribution >= 4 is 29.1 Å². The Bertz CT molecular complexity index is 753. The average Bonchev–Trinajstić information content (AvgIpc) is 2.61. The quantitative estimate of drug-likeness (QED) is 0.782. The number of carbonyl (C=O) groups excluding carboxylic acids is 1. The maximum atomic E-state index is 12.5. The third-order valence-electron chi connectivity index (χ3n) is 3.28. The topological polar surface area (TPSA) is 85.4 Å². The van der Waals surface area contributed by atoms with Crippen LogP contribution in [0.4, 0.5) is 11.6 Å². The van der Waals surface area contributed by atoms with Crippen molar-refractivity contribution in [1.29, 1.82) is 0 Å². The Morgan fingerprint density at radius 2 is 1.96 bits per heavy atom. The summed E-state index contributed by atoms with van der Waals surface area (Å²) in [4.78, 5) is 20.8. The number of methoxy groups -OCH3 is 2. The molecule has 134 valence electrons. The maximum Gasteiger partial charge on any atom is 0.274 e. The van der Waals surface area contributed by atoms with Gasteiger partial charge in [0, 0.05) is 24.9 Å². The molecule has 1 aromatic carbocycles. The van der Waals surface area contributed by atoms with E-state index in [9.17, 15) is 4.79 Å². The van der Waals surface area contributed by atoms with Crippen molar-refractivity contribution in [2.24, 2.45) is 5.92 Å². The van der Waals surface area contributed by atoms with Gasteiger partial charge in [0.2, 0.25) is 5.95 Å². The highest BCUT2D eigenvalue weighted by molar-refractivity contribution is 6.32. The molecule has 2 N–H and O–H groups in total. The van der Waals surface area contributed by atoms with E-state index in [1.807, 2.05) is 0 Å². The molecular weight excluding hydrogens is 344 g/mol. The van der Waals surface area contributed by atoms with Gasteiger partial charge in [0.25, 0.3) is 5.91 Å². The fourth-order valence-corrected chi connectivity index (χ4v) is 2.24. The van der Waals surface area contributed by atoms with Crippen LogP contribution >= 0.6 is 11.6 Å². The lowest BCUT2D eigenvalue weighted by molar-refractivity contribution is 0.102. The standard InChI is InChI=1S/C17H21ClN4O3/c1-10(2)9-20-17-19-6-5-12(22-17)16(23)21-13-8-14(24-3)11(18)7-15(13)25-4/h5-8,10H,9H2,1-4H3,(H,21,23)(H,19,20,22). The van der Waals surface area contributed by atoms with Gasteiger partial charge in [0.05, 0.1) is 24.9 Å². The van der Waals surface area contributed by atoms with E-state index < -0.39 is 5.91 Å². The molecule has 1 heterocycles. The van der Waals surface area contributed by atoms with E-state index in [2.05, 4.69) is 34.4 Å². The zero-order valence-electron chi connectivity index (χ0n) is 14.6. The number of carbonyl (C=O) groups is 1. The molecule has 1 amide bonds. The van der Waals surface area contributed by atoms with Crippen molar-refractivity contribution < 1.29 is 14.3 Å². The van der Waals surface area contributed by atoms with E-state index in [1.54, 1.807) is 12.1 Å². The largest absolute Gasteiger partial charge is 0.495 e. The third-order valence-corrected chi connectivity index (χ3v) is 3.57. The number of halogens is 1. The number of aromatic nitrogens is 2. The van der Waals surface area contributed by atoms with Crippen LogP contribution in [0.1, 0.15) is 24.3 Å². The van der Waals surface area contributed by atoms with E-state index in [1.165, 1.54) is 26.5 Å². The normalized spacial score (nSPS) is 10.5. The van der Waals surface area contributed by atoms with Crippen LogP contribution in [-0.2, 0) is 0 Å². The Morgan fingerprint density at radius 3 is 2.60 bits per heavy atom. The average molecular weight is 365 g/mol. The Kier molecular flexibility index (Phi) is 6.41. The maximum absolute atomic E-state index is 12.5. The summed E-state index contributed by atoms with van der Waals surface area (Å²) in [7, 11) is 2.99. The van der Waals surface area contributed by atoms with Crippen molar-refractivity contribution in [2.75, 3.05) is 31.4 Å². The Hall–Kier alpha value is -2.54. The second kappa shape index (κ2) is 8.53. The zero-order chi connectivity index (χ0) is 18.4. The summed E-state index contributed by atoms with van der Waals surface area (Å²) in [6.45, 7) is 4.86. The van der Waals surface area contributed by atoms with Gasteiger partial charge in [-0.1, -0.05) is 25.4 Å². The molecule has 0 saturated carbocycles. The van der Waals surface area contributed by atoms with Gasteiger partial charge in [-0.25, -0.2) is 9.97 Å². The van der Waals surface area contributed by atoms with E-state index >= 15 is 0 Å². The molecule has 0 saturated heterocycles. The summed E-state index contributed by atoms with van der Waals surface area (Å²) in [6.07, 6.45) is 1.53. The molecule has 0 aliphatic carbocycles. The van der Waals surface area contributed by atoms with Gasteiger partial charge in [-0.05, 0) is 12.0 Å². The number of rotatable bonds is 7. The number of amides is 1. The molecule has 0 radical (unpaired) electrons. The van der Waals surface area contributed by atoms with Gasteiger partial charge in [0.15, 0.2) is 0 Å². The number of benzene rings is 1. The van der Waals surface area contributed by atoms with Crippen LogP contribution < -0.4 is 20.1 Å². The van der Waals surface area contributed by atoms with Gasteiger partial charge in [-0.15, -0.1) is 0 Å². The Morgan fingerprint density at radius 1 is 1.24 bits per heavy atom. The van der Waals surface area contributed by atoms with Crippen LogP contribution in [0.2, 0.25) is 5.02 Å². The number of anilines is 2. The summed E-state index contributed by atoms with van der Waals surface area (Å²) in [5.74, 6) is 1.30. The van der Waals surface area contributed by atoms with Crippen molar-refractivity contribution in [3.05, 3.63) is 35.1 Å². The SMILES string of the molecule is COc1cc(NC(=O)c2ccnc(NCC(C)C)n2)c(OC)cc1Cl. The minimum Gasteiger partial charge on any atom is -0.495 e. The second-order valence-electron chi connectivity index (χ2n) is 5.68. The van der Waals surface area contributed by atoms with Crippen molar-refractivity contribution in [1.82, 2.24) is 9.97 Å². The van der Waals surface area contributed by atoms with Gasteiger partial charge < -0.3 is 20.1 Å². The van der Waals surface area contributed by atoms with Gasteiger partial charge in [-0.3, -0.25) is 4.79 Å². The summed E-state index contributed by atoms with van der Waals surface area (Å²) in [6, 6.07) is 4.71. The predicted octanol–water partition coefficient (Wildman–Crippen LogP) is 3.47. The highest BCUT2D eigenvalue weighted by Crippen LogP contribution is 2.36. The fraction of sp³-hybridized carbons (Fsp3) is 0.353. The minimum absolute atomic E-state index is 0.234. The number of hydrogen-bond donors (Lipinski definition) is 2. The van der Waals surface area contributed by atoms with E-state index in [0.717, 1.165) is 0 Å². The monoisotopic (exact) mass is 364 g/mol. The van der Waals surface area contributed by atoms with Gasteiger partial charge in [-0.2, -0.15) is 0 Å². The van der Waals surface area contributed by atoms with Crippen LogP contribution in [0, 0.1) is 5.92 Å². The first-order valence-electron chi connectivity index (χ1n) is 7.74. The molecule has 8 heteroatoms. The number of nitrogens with one attached hydrogen (secondary N) is 2. The van der Waals surface area contributed by atoms with Crippen LogP contribution in [0.3, 0.4) is 0 Å². The molecule has 0 unspecified atom stereocenters. The first kappa shape index (κ1) is 18.8. The zero-order valence-corrected chi connectivity index (χ0v) is 15.3. The Labute approximate surface area is 151 Å². The number of hydrogen-bond acceptors (Lipinski definition) is 6. The molecule has 0 bridgehead atoms. The van der Waals surface area contributed by atoms with Crippen LogP contribution in [0.15, 0.2) is 24.4 Å². The number of ether oxygens (including phenoxy) is 2. The first-order chi connectivity index (χ1) is 11.9. The van der Waals surface area contributed by atoms with Gasteiger partial charge >= 0.3 is 0 Å². The molecule has 7 nitrogen and oxygen atoms in total. The highest BCUT2D eigenvalue weighted by Gasteiger charge is 2.15. The fourth-order valence-electron chi connectivity index (χ4n) is 2.01. The molecule has 2 aromatic rings. The van der Waals surface area contributed by atoms with Crippen molar-refractivity contribution in [3.63, 3.8) is 0 Å². The lowest BCUT2D eigenvalue weighted by Gasteiger charge is -2.13. The van der Waals surface area contributed by atoms with E-state index in [-0.39, 0.29) is 5.69 Å². The highest BCUT2D eigenvalue weighted by atomic mass is 35.5. The summed E-state index contributed by atoms with van der Waals surface area (Å²) >= 11 is 6.07. The molecule has 0 atom stereocenters. The van der Waals surface area contributed by atoms with E-state index in [4.69, 9.17) is 21.1 Å². The summed E-state index contributed by atoms with van der Waals surface area (Å²) < 4.78 is 10.4. The lowest BCUT2D eigenvalue weighted by Crippen LogP contribution is -2.17. The Balaban J connectivity index is 2.21. The lowest BCUT2D eigenvalue weighted by atomic mass is 10.2. The van der Waals surface area contributed by atoms with Crippen LogP contribution in [0.25, 0.3) is 0 Å². The molecule has 2 rings (SSSR count). The van der Waals surface area contributed by atoms with E-state index in [0.29, 0.717) is 40.6 Å². The first-order valence-corrected chi connectivity index (χ1v) is 8.12. The van der Waals surface area contributed by atoms with Crippen molar-refractivity contribution in [3.8, 4) is 11.5 Å². The minimum atomic E-state index is -0.391. The third kappa shape index (κ3) is 4.96. The number of nitrogens with zero attached hydrogens (tertiary/aromatic N) is 2. The van der Waals surface area contributed by atoms with Crippen LogP contribution in [-0.4, -0.2) is 36.6 Å². The molecule has 0 fully saturated rings.